The first-order valence-electron chi connectivity index (χ1n) is 5.22. The predicted octanol–water partition coefficient (Wildman–Crippen LogP) is 1.42. The molecule has 0 saturated carbocycles. The van der Waals surface area contributed by atoms with Crippen LogP contribution in [-0.4, -0.2) is 28.1 Å². The molecule has 1 aromatic carbocycles. The van der Waals surface area contributed by atoms with Gasteiger partial charge in [0.2, 0.25) is 0 Å². The Morgan fingerprint density at radius 3 is 2.71 bits per heavy atom. The Hall–Kier alpha value is -2.14. The summed E-state index contributed by atoms with van der Waals surface area (Å²) in [6.07, 6.45) is 1.64. The van der Waals surface area contributed by atoms with Gasteiger partial charge in [0.25, 0.3) is 0 Å². The van der Waals surface area contributed by atoms with Gasteiger partial charge in [-0.3, -0.25) is 4.79 Å². The zero-order chi connectivity index (χ0) is 12.3. The molecule has 1 atom stereocenters. The summed E-state index contributed by atoms with van der Waals surface area (Å²) >= 11 is 0. The molecule has 0 spiro atoms. The van der Waals surface area contributed by atoms with E-state index in [1.807, 2.05) is 30.3 Å². The lowest BCUT2D eigenvalue weighted by Crippen LogP contribution is -2.26. The van der Waals surface area contributed by atoms with Gasteiger partial charge in [0, 0.05) is 0 Å². The zero-order valence-electron chi connectivity index (χ0n) is 9.34. The summed E-state index contributed by atoms with van der Waals surface area (Å²) in [5.74, 6) is -0.555. The summed E-state index contributed by atoms with van der Waals surface area (Å²) in [6.45, 7) is 0. The molecule has 17 heavy (non-hydrogen) atoms. The standard InChI is InChI=1S/C12H13N3O2/c1-13-10(12(16)17)11-14-7-9(15-11)8-5-3-2-4-6-8/h2-7,10,13H,1H3,(H,14,15)(H,16,17). The van der Waals surface area contributed by atoms with Gasteiger partial charge in [0.1, 0.15) is 5.82 Å². The maximum absolute atomic E-state index is 11.0. The van der Waals surface area contributed by atoms with Crippen LogP contribution in [-0.2, 0) is 4.79 Å². The number of aliphatic carboxylic acids is 1. The molecular formula is C12H13N3O2. The van der Waals surface area contributed by atoms with E-state index in [1.54, 1.807) is 13.2 Å². The number of hydrogen-bond donors (Lipinski definition) is 3. The molecule has 2 rings (SSSR count). The van der Waals surface area contributed by atoms with Gasteiger partial charge in [-0.1, -0.05) is 30.3 Å². The third kappa shape index (κ3) is 2.34. The van der Waals surface area contributed by atoms with Crippen LogP contribution < -0.4 is 5.32 Å². The van der Waals surface area contributed by atoms with Crippen molar-refractivity contribution in [2.45, 2.75) is 6.04 Å². The number of hydrogen-bond acceptors (Lipinski definition) is 3. The number of aromatic nitrogens is 2. The van der Waals surface area contributed by atoms with Crippen molar-refractivity contribution < 1.29 is 9.90 Å². The molecule has 0 amide bonds. The molecule has 5 nitrogen and oxygen atoms in total. The Labute approximate surface area is 98.5 Å². The normalized spacial score (nSPS) is 12.3. The van der Waals surface area contributed by atoms with Crippen molar-refractivity contribution in [2.24, 2.45) is 0 Å². The summed E-state index contributed by atoms with van der Waals surface area (Å²) in [5.41, 5.74) is 1.79. The zero-order valence-corrected chi connectivity index (χ0v) is 9.34. The maximum atomic E-state index is 11.0. The maximum Gasteiger partial charge on any atom is 0.328 e. The lowest BCUT2D eigenvalue weighted by Gasteiger charge is -2.07. The summed E-state index contributed by atoms with van der Waals surface area (Å²) in [6, 6.07) is 8.82. The molecule has 3 N–H and O–H groups in total. The van der Waals surface area contributed by atoms with E-state index in [4.69, 9.17) is 5.11 Å². The minimum atomic E-state index is -0.957. The molecule has 1 unspecified atom stereocenters. The van der Waals surface area contributed by atoms with E-state index < -0.39 is 12.0 Å². The molecule has 0 aliphatic heterocycles. The average molecular weight is 231 g/mol. The van der Waals surface area contributed by atoms with Gasteiger partial charge in [0.05, 0.1) is 11.9 Å². The lowest BCUT2D eigenvalue weighted by atomic mass is 10.2. The quantitative estimate of drug-likeness (QED) is 0.743. The van der Waals surface area contributed by atoms with Crippen molar-refractivity contribution >= 4 is 5.97 Å². The second-order valence-electron chi connectivity index (χ2n) is 3.61. The molecule has 1 heterocycles. The summed E-state index contributed by atoms with van der Waals surface area (Å²) in [7, 11) is 1.59. The Morgan fingerprint density at radius 1 is 1.41 bits per heavy atom. The number of carboxylic acid groups (broad SMARTS) is 1. The van der Waals surface area contributed by atoms with Gasteiger partial charge >= 0.3 is 5.97 Å². The van der Waals surface area contributed by atoms with Gasteiger partial charge in [-0.15, -0.1) is 0 Å². The highest BCUT2D eigenvalue weighted by atomic mass is 16.4. The molecule has 0 bridgehead atoms. The smallest absolute Gasteiger partial charge is 0.328 e. The van der Waals surface area contributed by atoms with E-state index in [0.717, 1.165) is 11.3 Å². The summed E-state index contributed by atoms with van der Waals surface area (Å²) in [5, 5.41) is 11.7. The molecular weight excluding hydrogens is 218 g/mol. The fraction of sp³-hybridized carbons (Fsp3) is 0.167. The first-order chi connectivity index (χ1) is 8.22. The van der Waals surface area contributed by atoms with E-state index in [-0.39, 0.29) is 0 Å². The number of nitrogens with zero attached hydrogens (tertiary/aromatic N) is 1. The van der Waals surface area contributed by atoms with Crippen molar-refractivity contribution in [3.8, 4) is 11.3 Å². The Bertz CT molecular complexity index is 507. The number of H-pyrrole nitrogens is 1. The number of aromatic amines is 1. The molecule has 1 aromatic heterocycles. The van der Waals surface area contributed by atoms with Crippen LogP contribution in [0.15, 0.2) is 36.5 Å². The van der Waals surface area contributed by atoms with Crippen molar-refractivity contribution in [3.05, 3.63) is 42.4 Å². The molecule has 0 aliphatic carbocycles. The topological polar surface area (TPSA) is 78.0 Å². The summed E-state index contributed by atoms with van der Waals surface area (Å²) < 4.78 is 0. The van der Waals surface area contributed by atoms with Gasteiger partial charge in [-0.2, -0.15) is 0 Å². The minimum absolute atomic E-state index is 0.402. The van der Waals surface area contributed by atoms with Gasteiger partial charge in [-0.05, 0) is 12.6 Å². The third-order valence-electron chi connectivity index (χ3n) is 2.49. The van der Waals surface area contributed by atoms with Gasteiger partial charge in [-0.25, -0.2) is 4.98 Å². The Kier molecular flexibility index (Phi) is 3.20. The molecule has 5 heteroatoms. The van der Waals surface area contributed by atoms with Crippen LogP contribution in [0.5, 0.6) is 0 Å². The molecule has 88 valence electrons. The number of imidazole rings is 1. The predicted molar refractivity (Wildman–Crippen MR) is 63.5 cm³/mol. The van der Waals surface area contributed by atoms with E-state index in [2.05, 4.69) is 15.3 Å². The molecule has 0 saturated heterocycles. The minimum Gasteiger partial charge on any atom is -0.480 e. The van der Waals surface area contributed by atoms with Crippen LogP contribution in [0, 0.1) is 0 Å². The van der Waals surface area contributed by atoms with E-state index >= 15 is 0 Å². The number of carboxylic acids is 1. The van der Waals surface area contributed by atoms with Crippen LogP contribution in [0.1, 0.15) is 11.9 Å². The highest BCUT2D eigenvalue weighted by Gasteiger charge is 2.20. The fourth-order valence-corrected chi connectivity index (χ4v) is 1.62. The molecule has 0 fully saturated rings. The summed E-state index contributed by atoms with van der Waals surface area (Å²) in [4.78, 5) is 18.0. The third-order valence-corrected chi connectivity index (χ3v) is 2.49. The molecule has 0 radical (unpaired) electrons. The van der Waals surface area contributed by atoms with Crippen molar-refractivity contribution in [1.29, 1.82) is 0 Å². The second kappa shape index (κ2) is 4.80. The number of likely N-dealkylation sites (N-methyl/N-ethyl adjacent to an activating group) is 1. The van der Waals surface area contributed by atoms with Crippen LogP contribution in [0.4, 0.5) is 0 Å². The molecule has 2 aromatic rings. The highest BCUT2D eigenvalue weighted by molar-refractivity contribution is 5.74. The fourth-order valence-electron chi connectivity index (χ4n) is 1.62. The van der Waals surface area contributed by atoms with Crippen LogP contribution in [0.25, 0.3) is 11.3 Å². The number of rotatable bonds is 4. The lowest BCUT2D eigenvalue weighted by molar-refractivity contribution is -0.139. The number of nitrogens with one attached hydrogen (secondary N) is 2. The Balaban J connectivity index is 2.30. The van der Waals surface area contributed by atoms with Gasteiger partial charge < -0.3 is 15.4 Å². The monoisotopic (exact) mass is 231 g/mol. The number of carbonyl (C=O) groups is 1. The van der Waals surface area contributed by atoms with Crippen molar-refractivity contribution in [3.63, 3.8) is 0 Å². The van der Waals surface area contributed by atoms with Crippen molar-refractivity contribution in [1.82, 2.24) is 15.3 Å². The average Bonchev–Trinajstić information content (AvgIpc) is 2.80. The van der Waals surface area contributed by atoms with E-state index in [0.29, 0.717) is 5.82 Å². The molecule has 0 aliphatic rings. The SMILES string of the molecule is CNC(C(=O)O)c1ncc(-c2ccccc2)[nH]1. The van der Waals surface area contributed by atoms with Crippen molar-refractivity contribution in [2.75, 3.05) is 7.05 Å². The van der Waals surface area contributed by atoms with Crippen LogP contribution in [0.3, 0.4) is 0 Å². The van der Waals surface area contributed by atoms with Crippen LogP contribution in [0.2, 0.25) is 0 Å². The Morgan fingerprint density at radius 2 is 2.12 bits per heavy atom. The first-order valence-corrected chi connectivity index (χ1v) is 5.22. The largest absolute Gasteiger partial charge is 0.480 e. The van der Waals surface area contributed by atoms with Gasteiger partial charge in [0.15, 0.2) is 6.04 Å². The number of benzene rings is 1. The van der Waals surface area contributed by atoms with E-state index in [1.165, 1.54) is 0 Å². The second-order valence-corrected chi connectivity index (χ2v) is 3.61. The van der Waals surface area contributed by atoms with Crippen LogP contribution >= 0.6 is 0 Å². The highest BCUT2D eigenvalue weighted by Crippen LogP contribution is 2.18. The first kappa shape index (κ1) is 11.3. The van der Waals surface area contributed by atoms with E-state index in [9.17, 15) is 4.79 Å².